The summed E-state index contributed by atoms with van der Waals surface area (Å²) < 4.78 is 13.5. The van der Waals surface area contributed by atoms with E-state index in [0.29, 0.717) is 18.0 Å². The number of pyridine rings is 2. The van der Waals surface area contributed by atoms with Crippen molar-refractivity contribution in [1.29, 1.82) is 0 Å². The van der Waals surface area contributed by atoms with Crippen LogP contribution >= 0.6 is 0 Å². The Morgan fingerprint density at radius 2 is 1.68 bits per heavy atom. The number of nitrogens with one attached hydrogen (secondary N) is 4. The summed E-state index contributed by atoms with van der Waals surface area (Å²) in [5.41, 5.74) is 7.61. The zero-order valence-corrected chi connectivity index (χ0v) is 22.2. The molecule has 0 radical (unpaired) electrons. The van der Waals surface area contributed by atoms with Crippen molar-refractivity contribution >= 4 is 33.4 Å². The van der Waals surface area contributed by atoms with Gasteiger partial charge in [0.2, 0.25) is 5.91 Å². The number of halogens is 1. The molecule has 4 aromatic heterocycles. The van der Waals surface area contributed by atoms with Gasteiger partial charge >= 0.3 is 0 Å². The summed E-state index contributed by atoms with van der Waals surface area (Å²) >= 11 is 0. The Labute approximate surface area is 235 Å². The molecule has 0 bridgehead atoms. The molecule has 1 amide bonds. The Morgan fingerprint density at radius 3 is 2.54 bits per heavy atom. The van der Waals surface area contributed by atoms with Gasteiger partial charge in [-0.15, -0.1) is 0 Å². The van der Waals surface area contributed by atoms with Crippen LogP contribution in [0.3, 0.4) is 0 Å². The summed E-state index contributed by atoms with van der Waals surface area (Å²) in [5, 5.41) is 16.0. The molecule has 1 saturated heterocycles. The van der Waals surface area contributed by atoms with Crippen LogP contribution < -0.4 is 10.6 Å². The van der Waals surface area contributed by atoms with Gasteiger partial charge in [-0.1, -0.05) is 6.07 Å². The molecule has 1 aliphatic heterocycles. The molecule has 41 heavy (non-hydrogen) atoms. The number of H-pyrrole nitrogens is 2. The maximum absolute atomic E-state index is 13.5. The minimum Gasteiger partial charge on any atom is -0.353 e. The van der Waals surface area contributed by atoms with Crippen molar-refractivity contribution in [3.05, 3.63) is 85.1 Å². The lowest BCUT2D eigenvalue weighted by molar-refractivity contribution is -0.117. The van der Waals surface area contributed by atoms with E-state index < -0.39 is 0 Å². The Hall–Kier alpha value is -4.89. The number of nitrogens with zero attached hydrogens (tertiary/aromatic N) is 3. The van der Waals surface area contributed by atoms with Crippen molar-refractivity contribution < 1.29 is 9.18 Å². The van der Waals surface area contributed by atoms with Crippen molar-refractivity contribution in [2.24, 2.45) is 5.92 Å². The molecule has 0 aliphatic carbocycles. The van der Waals surface area contributed by atoms with Crippen molar-refractivity contribution in [3.8, 4) is 33.8 Å². The zero-order chi connectivity index (χ0) is 27.8. The first-order chi connectivity index (χ1) is 20.1. The monoisotopic (exact) mass is 545 g/mol. The van der Waals surface area contributed by atoms with E-state index in [2.05, 4.69) is 41.8 Å². The van der Waals surface area contributed by atoms with Crippen molar-refractivity contribution in [2.45, 2.75) is 19.3 Å². The van der Waals surface area contributed by atoms with Crippen molar-refractivity contribution in [1.82, 2.24) is 30.5 Å². The fourth-order valence-electron chi connectivity index (χ4n) is 5.64. The lowest BCUT2D eigenvalue weighted by atomic mass is 9.94. The van der Waals surface area contributed by atoms with Crippen LogP contribution in [-0.4, -0.2) is 44.1 Å². The highest BCUT2D eigenvalue weighted by Gasteiger charge is 2.18. The van der Waals surface area contributed by atoms with Gasteiger partial charge in [0, 0.05) is 46.2 Å². The van der Waals surface area contributed by atoms with Crippen molar-refractivity contribution in [3.63, 3.8) is 0 Å². The quantitative estimate of drug-likeness (QED) is 0.196. The molecule has 0 atom stereocenters. The van der Waals surface area contributed by atoms with Gasteiger partial charge < -0.3 is 15.6 Å². The normalized spacial score (nSPS) is 14.1. The predicted octanol–water partition coefficient (Wildman–Crippen LogP) is 6.30. The van der Waals surface area contributed by atoms with Crippen LogP contribution in [0, 0.1) is 11.7 Å². The molecule has 4 N–H and O–H groups in total. The number of benzene rings is 2. The molecule has 9 heteroatoms. The van der Waals surface area contributed by atoms with Crippen LogP contribution in [0.15, 0.2) is 79.3 Å². The number of rotatable bonds is 6. The van der Waals surface area contributed by atoms with E-state index >= 15 is 0 Å². The fourth-order valence-corrected chi connectivity index (χ4v) is 5.64. The predicted molar refractivity (Wildman–Crippen MR) is 159 cm³/mol. The minimum absolute atomic E-state index is 0.0248. The summed E-state index contributed by atoms with van der Waals surface area (Å²) in [6.07, 6.45) is 7.81. The molecule has 2 aromatic carbocycles. The van der Waals surface area contributed by atoms with Crippen LogP contribution in [0.4, 0.5) is 10.1 Å². The molecule has 1 fully saturated rings. The van der Waals surface area contributed by atoms with Crippen LogP contribution in [0.2, 0.25) is 0 Å². The number of aromatic amines is 2. The number of piperidine rings is 1. The summed E-state index contributed by atoms with van der Waals surface area (Å²) in [5.74, 6) is 0.160. The first-order valence-electron chi connectivity index (χ1n) is 13.8. The molecular formula is C32H28FN7O. The zero-order valence-electron chi connectivity index (χ0n) is 22.2. The van der Waals surface area contributed by atoms with Gasteiger partial charge in [-0.25, -0.2) is 4.39 Å². The summed E-state index contributed by atoms with van der Waals surface area (Å²) in [6, 6.07) is 18.4. The van der Waals surface area contributed by atoms with E-state index in [4.69, 9.17) is 0 Å². The Kier molecular flexibility index (Phi) is 6.48. The van der Waals surface area contributed by atoms with Gasteiger partial charge in [0.1, 0.15) is 11.5 Å². The van der Waals surface area contributed by atoms with Gasteiger partial charge in [0.15, 0.2) is 0 Å². The molecule has 5 heterocycles. The number of anilines is 1. The third-order valence-corrected chi connectivity index (χ3v) is 7.77. The van der Waals surface area contributed by atoms with Gasteiger partial charge in [0.25, 0.3) is 0 Å². The summed E-state index contributed by atoms with van der Waals surface area (Å²) in [6.45, 7) is 1.94. The molecule has 0 spiro atoms. The number of carbonyl (C=O) groups is 1. The first-order valence-corrected chi connectivity index (χ1v) is 13.8. The Bertz CT molecular complexity index is 1870. The number of hydrogen-bond donors (Lipinski definition) is 4. The molecule has 0 unspecified atom stereocenters. The third kappa shape index (κ3) is 5.07. The van der Waals surface area contributed by atoms with E-state index in [0.717, 1.165) is 81.5 Å². The van der Waals surface area contributed by atoms with Gasteiger partial charge in [-0.3, -0.25) is 19.9 Å². The standard InChI is InChI=1S/C32H28FN7O/c33-23-4-1-20(2-5-23)31-26-16-29(38-27(26)9-12-36-31)32-25-15-21(3-6-28(25)39-40-32)22-14-24(18-35-17-22)37-30(41)13-19-7-10-34-11-8-19/h1-6,9,12,14-19,34,38H,7-8,10-11,13H2,(H,37,41)(H,39,40). The van der Waals surface area contributed by atoms with Crippen molar-refractivity contribution in [2.75, 3.05) is 18.4 Å². The largest absolute Gasteiger partial charge is 0.353 e. The lowest BCUT2D eigenvalue weighted by Gasteiger charge is -2.21. The van der Waals surface area contributed by atoms with Crippen LogP contribution in [0.1, 0.15) is 19.3 Å². The highest BCUT2D eigenvalue weighted by Crippen LogP contribution is 2.34. The van der Waals surface area contributed by atoms with Crippen LogP contribution in [0.25, 0.3) is 55.6 Å². The van der Waals surface area contributed by atoms with Gasteiger partial charge in [-0.05, 0) is 92.0 Å². The highest BCUT2D eigenvalue weighted by molar-refractivity contribution is 6.01. The minimum atomic E-state index is -0.283. The second kappa shape index (κ2) is 10.6. The van der Waals surface area contributed by atoms with E-state index in [1.165, 1.54) is 12.1 Å². The average molecular weight is 546 g/mol. The van der Waals surface area contributed by atoms with Crippen LogP contribution in [0.5, 0.6) is 0 Å². The second-order valence-corrected chi connectivity index (χ2v) is 10.6. The van der Waals surface area contributed by atoms with E-state index in [-0.39, 0.29) is 11.7 Å². The number of hydrogen-bond acceptors (Lipinski definition) is 5. The molecule has 204 valence electrons. The molecular weight excluding hydrogens is 517 g/mol. The van der Waals surface area contributed by atoms with E-state index in [9.17, 15) is 9.18 Å². The third-order valence-electron chi connectivity index (χ3n) is 7.77. The van der Waals surface area contributed by atoms with E-state index in [1.807, 2.05) is 30.3 Å². The fraction of sp³-hybridized carbons (Fsp3) is 0.188. The second-order valence-electron chi connectivity index (χ2n) is 10.6. The smallest absolute Gasteiger partial charge is 0.224 e. The molecule has 6 aromatic rings. The SMILES string of the molecule is O=C(CC1CCNCC1)Nc1cncc(-c2ccc3[nH]nc(-c4cc5c(-c6ccc(F)cc6)nccc5[nH]4)c3c2)c1. The van der Waals surface area contributed by atoms with E-state index in [1.54, 1.807) is 30.7 Å². The number of fused-ring (bicyclic) bond motifs is 2. The van der Waals surface area contributed by atoms with Gasteiger partial charge in [-0.2, -0.15) is 5.10 Å². The number of aromatic nitrogens is 5. The molecule has 0 saturated carbocycles. The number of carbonyl (C=O) groups excluding carboxylic acids is 1. The highest BCUT2D eigenvalue weighted by atomic mass is 19.1. The lowest BCUT2D eigenvalue weighted by Crippen LogP contribution is -2.30. The Morgan fingerprint density at radius 1 is 0.878 bits per heavy atom. The summed E-state index contributed by atoms with van der Waals surface area (Å²) in [7, 11) is 0. The maximum Gasteiger partial charge on any atom is 0.224 e. The number of amides is 1. The Balaban J connectivity index is 1.19. The first kappa shape index (κ1) is 25.1. The maximum atomic E-state index is 13.5. The van der Waals surface area contributed by atoms with Crippen LogP contribution in [-0.2, 0) is 4.79 Å². The summed E-state index contributed by atoms with van der Waals surface area (Å²) in [4.78, 5) is 25.1. The molecule has 8 nitrogen and oxygen atoms in total. The average Bonchev–Trinajstić information content (AvgIpc) is 3.62. The molecule has 1 aliphatic rings. The topological polar surface area (TPSA) is 111 Å². The van der Waals surface area contributed by atoms with Gasteiger partial charge in [0.05, 0.1) is 28.8 Å². The molecule has 7 rings (SSSR count).